The highest BCUT2D eigenvalue weighted by molar-refractivity contribution is 7.19. The molecule has 0 fully saturated rings. The van der Waals surface area contributed by atoms with Gasteiger partial charge in [-0.25, -0.2) is 18.6 Å². The molecule has 2 aromatic carbocycles. The number of nitrogens with two attached hydrogens (primary N) is 1. The van der Waals surface area contributed by atoms with E-state index in [-0.39, 0.29) is 50.9 Å². The van der Waals surface area contributed by atoms with Crippen LogP contribution in [-0.2, 0) is 6.54 Å². The minimum atomic E-state index is -1.00. The van der Waals surface area contributed by atoms with E-state index >= 15 is 0 Å². The summed E-state index contributed by atoms with van der Waals surface area (Å²) in [6.07, 6.45) is 3.22. The normalized spacial score (nSPS) is 10.7. The van der Waals surface area contributed by atoms with Crippen LogP contribution in [0.3, 0.4) is 0 Å². The molecule has 15 heteroatoms. The Morgan fingerprint density at radius 2 is 1.85 bits per heavy atom. The van der Waals surface area contributed by atoms with E-state index in [1.54, 1.807) is 36.7 Å². The molecule has 0 radical (unpaired) electrons. The zero-order valence-electron chi connectivity index (χ0n) is 21.1. The molecule has 0 bridgehead atoms. The zero-order valence-corrected chi connectivity index (χ0v) is 22.0. The molecule has 0 unspecified atom stereocenters. The largest absolute Gasteiger partial charge is 0.497 e. The average molecular weight is 579 g/mol. The van der Waals surface area contributed by atoms with Crippen molar-refractivity contribution >= 4 is 39.9 Å². The Balaban J connectivity index is 1.31. The number of halogens is 2. The van der Waals surface area contributed by atoms with Crippen molar-refractivity contribution < 1.29 is 27.6 Å². The summed E-state index contributed by atoms with van der Waals surface area (Å²) in [7, 11) is 1.45. The number of rotatable bonds is 8. The molecule has 0 atom stereocenters. The topological polar surface area (TPSA) is 170 Å². The fraction of sp³-hybridized carbons (Fsp3) is 0.0769. The number of amides is 3. The Hall–Kier alpha value is -5.44. The minimum Gasteiger partial charge on any atom is -0.497 e. The number of hydrogen-bond acceptors (Lipinski definition) is 10. The first-order valence-corrected chi connectivity index (χ1v) is 12.6. The van der Waals surface area contributed by atoms with Gasteiger partial charge in [0.05, 0.1) is 18.4 Å². The maximum Gasteiger partial charge on any atom is 0.321 e. The third-order valence-electron chi connectivity index (χ3n) is 5.57. The van der Waals surface area contributed by atoms with Crippen molar-refractivity contribution in [2.24, 2.45) is 0 Å². The molecule has 0 aliphatic rings. The van der Waals surface area contributed by atoms with Crippen LogP contribution in [0.5, 0.6) is 5.75 Å². The van der Waals surface area contributed by atoms with Gasteiger partial charge in [0.1, 0.15) is 28.1 Å². The molecule has 5 aromatic rings. The molecule has 5 rings (SSSR count). The molecule has 41 heavy (non-hydrogen) atoms. The number of hydrogen-bond donors (Lipinski definition) is 4. The number of nitrogen functional groups attached to an aromatic ring is 1. The summed E-state index contributed by atoms with van der Waals surface area (Å²) in [5.41, 5.74) is 6.49. The van der Waals surface area contributed by atoms with Crippen LogP contribution in [0.4, 0.5) is 30.2 Å². The van der Waals surface area contributed by atoms with E-state index in [9.17, 15) is 18.4 Å². The predicted octanol–water partition coefficient (Wildman–Crippen LogP) is 4.70. The van der Waals surface area contributed by atoms with Crippen LogP contribution in [0.15, 0.2) is 65.4 Å². The lowest BCUT2D eigenvalue weighted by Crippen LogP contribution is -2.28. The SMILES string of the molecule is COc1cccc(C(=O)Nc2cc(-c3noc(-c4sc(NC(=O)NCc5ccncc5)nc4N)n3)c(F)cc2F)c1. The Bertz CT molecular complexity index is 1730. The lowest BCUT2D eigenvalue weighted by atomic mass is 10.1. The fourth-order valence-corrected chi connectivity index (χ4v) is 4.36. The van der Waals surface area contributed by atoms with Gasteiger partial charge in [0.25, 0.3) is 11.8 Å². The monoisotopic (exact) mass is 578 g/mol. The van der Waals surface area contributed by atoms with Gasteiger partial charge in [0, 0.05) is 30.6 Å². The maximum absolute atomic E-state index is 14.7. The first kappa shape index (κ1) is 27.1. The molecule has 3 amide bonds. The van der Waals surface area contributed by atoms with Crippen molar-refractivity contribution in [2.75, 3.05) is 23.5 Å². The predicted molar refractivity (Wildman–Crippen MR) is 146 cm³/mol. The number of anilines is 3. The number of urea groups is 1. The molecule has 0 saturated heterocycles. The molecular weight excluding hydrogens is 558 g/mol. The summed E-state index contributed by atoms with van der Waals surface area (Å²) in [6.45, 7) is 0.264. The summed E-state index contributed by atoms with van der Waals surface area (Å²) in [4.78, 5) is 37.3. The van der Waals surface area contributed by atoms with Gasteiger partial charge in [0.2, 0.25) is 5.82 Å². The van der Waals surface area contributed by atoms with Gasteiger partial charge in [-0.15, -0.1) is 0 Å². The molecule has 3 heterocycles. The second-order valence-electron chi connectivity index (χ2n) is 8.32. The number of aromatic nitrogens is 4. The fourth-order valence-electron chi connectivity index (χ4n) is 3.56. The average Bonchev–Trinajstić information content (AvgIpc) is 3.60. The number of nitrogens with one attached hydrogen (secondary N) is 3. The molecular formula is C26H20F2N8O4S. The first-order valence-electron chi connectivity index (χ1n) is 11.8. The Morgan fingerprint density at radius 1 is 1.05 bits per heavy atom. The Morgan fingerprint density at radius 3 is 2.63 bits per heavy atom. The first-order chi connectivity index (χ1) is 19.8. The standard InChI is InChI=1S/C26H20F2N8O4S/c1-39-15-4-2-3-14(9-15)23(37)32-19-10-16(17(27)11-18(19)28)22-34-24(40-36-22)20-21(29)33-26(41-20)35-25(38)31-12-13-5-7-30-8-6-13/h2-11H,12,29H2,1H3,(H,32,37)(H2,31,33,35,38). The van der Waals surface area contributed by atoms with Gasteiger partial charge in [0.15, 0.2) is 5.13 Å². The van der Waals surface area contributed by atoms with Gasteiger partial charge in [-0.2, -0.15) is 4.98 Å². The number of pyridine rings is 1. The summed E-state index contributed by atoms with van der Waals surface area (Å²) in [5.74, 6) is -2.55. The van der Waals surface area contributed by atoms with Crippen LogP contribution in [-0.4, -0.2) is 39.2 Å². The van der Waals surface area contributed by atoms with Crippen molar-refractivity contribution in [3.8, 4) is 27.9 Å². The van der Waals surface area contributed by atoms with E-state index in [1.807, 2.05) is 0 Å². The van der Waals surface area contributed by atoms with Crippen LogP contribution >= 0.6 is 11.3 Å². The minimum absolute atomic E-state index is 0.0135. The maximum atomic E-state index is 14.7. The lowest BCUT2D eigenvalue weighted by Gasteiger charge is -2.09. The second kappa shape index (κ2) is 11.7. The molecule has 208 valence electrons. The van der Waals surface area contributed by atoms with E-state index in [4.69, 9.17) is 15.0 Å². The number of thiazole rings is 1. The van der Waals surface area contributed by atoms with Crippen LogP contribution in [0.25, 0.3) is 22.2 Å². The molecule has 5 N–H and O–H groups in total. The van der Waals surface area contributed by atoms with Gasteiger partial charge in [-0.05, 0) is 42.0 Å². The number of nitrogens with zero attached hydrogens (tertiary/aromatic N) is 4. The summed E-state index contributed by atoms with van der Waals surface area (Å²) in [6, 6.07) is 10.9. The van der Waals surface area contributed by atoms with E-state index in [1.165, 1.54) is 19.2 Å². The number of carbonyl (C=O) groups excluding carboxylic acids is 2. The van der Waals surface area contributed by atoms with Crippen molar-refractivity contribution in [1.29, 1.82) is 0 Å². The smallest absolute Gasteiger partial charge is 0.321 e. The van der Waals surface area contributed by atoms with Crippen LogP contribution < -0.4 is 26.4 Å². The van der Waals surface area contributed by atoms with Crippen LogP contribution in [0, 0.1) is 11.6 Å². The number of carbonyl (C=O) groups is 2. The molecule has 0 aliphatic heterocycles. The summed E-state index contributed by atoms with van der Waals surface area (Å²) < 4.78 is 39.6. The molecule has 0 aliphatic carbocycles. The van der Waals surface area contributed by atoms with Crippen molar-refractivity contribution in [1.82, 2.24) is 25.4 Å². The highest BCUT2D eigenvalue weighted by atomic mass is 32.1. The summed E-state index contributed by atoms with van der Waals surface area (Å²) >= 11 is 0.955. The van der Waals surface area contributed by atoms with E-state index in [0.717, 1.165) is 23.0 Å². The summed E-state index contributed by atoms with van der Waals surface area (Å²) in [5, 5.41) is 11.6. The Labute approximate surface area is 234 Å². The lowest BCUT2D eigenvalue weighted by molar-refractivity contribution is 0.102. The Kier molecular flexibility index (Phi) is 7.78. The van der Waals surface area contributed by atoms with E-state index < -0.39 is 23.6 Å². The second-order valence-corrected chi connectivity index (χ2v) is 9.32. The van der Waals surface area contributed by atoms with Crippen molar-refractivity contribution in [3.05, 3.63) is 83.7 Å². The molecule has 3 aromatic heterocycles. The van der Waals surface area contributed by atoms with E-state index in [2.05, 4.69) is 36.1 Å². The van der Waals surface area contributed by atoms with Gasteiger partial charge in [-0.3, -0.25) is 15.1 Å². The van der Waals surface area contributed by atoms with Crippen LogP contribution in [0.1, 0.15) is 15.9 Å². The number of ether oxygens (including phenoxy) is 1. The van der Waals surface area contributed by atoms with Crippen LogP contribution in [0.2, 0.25) is 0 Å². The van der Waals surface area contributed by atoms with Crippen molar-refractivity contribution in [3.63, 3.8) is 0 Å². The van der Waals surface area contributed by atoms with Gasteiger partial charge < -0.3 is 25.6 Å². The highest BCUT2D eigenvalue weighted by Gasteiger charge is 2.22. The zero-order chi connectivity index (χ0) is 28.9. The third-order valence-corrected chi connectivity index (χ3v) is 6.55. The van der Waals surface area contributed by atoms with Gasteiger partial charge in [-0.1, -0.05) is 22.6 Å². The highest BCUT2D eigenvalue weighted by Crippen LogP contribution is 2.35. The number of methoxy groups -OCH3 is 1. The van der Waals surface area contributed by atoms with E-state index in [0.29, 0.717) is 11.8 Å². The van der Waals surface area contributed by atoms with Crippen molar-refractivity contribution in [2.45, 2.75) is 6.54 Å². The molecule has 12 nitrogen and oxygen atoms in total. The number of benzene rings is 2. The molecule has 0 saturated carbocycles. The quantitative estimate of drug-likeness (QED) is 0.204. The van der Waals surface area contributed by atoms with Gasteiger partial charge >= 0.3 is 6.03 Å². The molecule has 0 spiro atoms. The third kappa shape index (κ3) is 6.25.